The van der Waals surface area contributed by atoms with Gasteiger partial charge in [0.1, 0.15) is 0 Å². The van der Waals surface area contributed by atoms with Gasteiger partial charge in [-0.1, -0.05) is 26.0 Å². The first-order valence-electron chi connectivity index (χ1n) is 5.96. The SMILES string of the molecule is CN(Cc1cccc([N+](=O)[O-])c1)CC(C)(C)CN. The molecular weight excluding hydrogens is 230 g/mol. The van der Waals surface area contributed by atoms with E-state index < -0.39 is 0 Å². The summed E-state index contributed by atoms with van der Waals surface area (Å²) in [4.78, 5) is 12.5. The van der Waals surface area contributed by atoms with Crippen LogP contribution in [0.25, 0.3) is 0 Å². The van der Waals surface area contributed by atoms with Crippen molar-refractivity contribution in [2.45, 2.75) is 20.4 Å². The van der Waals surface area contributed by atoms with Crippen LogP contribution in [0.2, 0.25) is 0 Å². The molecule has 100 valence electrons. The Morgan fingerprint density at radius 1 is 1.44 bits per heavy atom. The number of hydrogen-bond donors (Lipinski definition) is 1. The number of nitrogens with two attached hydrogens (primary N) is 1. The highest BCUT2D eigenvalue weighted by molar-refractivity contribution is 5.34. The molecule has 2 N–H and O–H groups in total. The fourth-order valence-electron chi connectivity index (χ4n) is 1.93. The fourth-order valence-corrected chi connectivity index (χ4v) is 1.93. The third-order valence-corrected chi connectivity index (χ3v) is 2.82. The Hall–Kier alpha value is -1.46. The quantitative estimate of drug-likeness (QED) is 0.620. The van der Waals surface area contributed by atoms with Crippen molar-refractivity contribution >= 4 is 5.69 Å². The van der Waals surface area contributed by atoms with Crippen molar-refractivity contribution in [1.82, 2.24) is 4.90 Å². The standard InChI is InChI=1S/C13H21N3O2/c1-13(2,9-14)10-15(3)8-11-5-4-6-12(7-11)16(17)18/h4-7H,8-10,14H2,1-3H3. The largest absolute Gasteiger partial charge is 0.330 e. The maximum absolute atomic E-state index is 10.7. The van der Waals surface area contributed by atoms with Crippen LogP contribution in [0, 0.1) is 15.5 Å². The molecule has 18 heavy (non-hydrogen) atoms. The lowest BCUT2D eigenvalue weighted by molar-refractivity contribution is -0.384. The Kier molecular flexibility index (Phi) is 4.81. The van der Waals surface area contributed by atoms with E-state index in [0.29, 0.717) is 13.1 Å². The van der Waals surface area contributed by atoms with E-state index in [9.17, 15) is 10.1 Å². The molecule has 0 atom stereocenters. The first-order valence-corrected chi connectivity index (χ1v) is 5.96. The maximum atomic E-state index is 10.7. The zero-order valence-electron chi connectivity index (χ0n) is 11.2. The highest BCUT2D eigenvalue weighted by Crippen LogP contribution is 2.18. The maximum Gasteiger partial charge on any atom is 0.269 e. The van der Waals surface area contributed by atoms with E-state index in [1.807, 2.05) is 13.1 Å². The van der Waals surface area contributed by atoms with Crippen molar-refractivity contribution in [3.63, 3.8) is 0 Å². The van der Waals surface area contributed by atoms with E-state index in [0.717, 1.165) is 12.1 Å². The van der Waals surface area contributed by atoms with Gasteiger partial charge in [0.05, 0.1) is 4.92 Å². The molecule has 0 unspecified atom stereocenters. The normalized spacial score (nSPS) is 11.8. The molecule has 0 aromatic heterocycles. The van der Waals surface area contributed by atoms with Crippen molar-refractivity contribution < 1.29 is 4.92 Å². The summed E-state index contributed by atoms with van der Waals surface area (Å²) in [7, 11) is 2.00. The molecule has 5 nitrogen and oxygen atoms in total. The molecule has 0 aliphatic carbocycles. The molecular formula is C13H21N3O2. The number of non-ortho nitro benzene ring substituents is 1. The molecule has 5 heteroatoms. The van der Waals surface area contributed by atoms with E-state index >= 15 is 0 Å². The molecule has 1 aromatic rings. The summed E-state index contributed by atoms with van der Waals surface area (Å²) in [5, 5.41) is 10.7. The topological polar surface area (TPSA) is 72.4 Å². The summed E-state index contributed by atoms with van der Waals surface area (Å²) in [6.45, 7) is 6.37. The average Bonchev–Trinajstić information content (AvgIpc) is 2.28. The third kappa shape index (κ3) is 4.43. The van der Waals surface area contributed by atoms with Gasteiger partial charge < -0.3 is 10.6 Å². The summed E-state index contributed by atoms with van der Waals surface area (Å²) < 4.78 is 0. The van der Waals surface area contributed by atoms with E-state index in [1.165, 1.54) is 6.07 Å². The second kappa shape index (κ2) is 5.93. The molecule has 0 saturated carbocycles. The minimum Gasteiger partial charge on any atom is -0.330 e. The lowest BCUT2D eigenvalue weighted by atomic mass is 9.93. The van der Waals surface area contributed by atoms with Crippen molar-refractivity contribution in [2.75, 3.05) is 20.1 Å². The highest BCUT2D eigenvalue weighted by Gasteiger charge is 2.18. The Morgan fingerprint density at radius 2 is 2.11 bits per heavy atom. The molecule has 0 saturated heterocycles. The predicted molar refractivity (Wildman–Crippen MR) is 72.3 cm³/mol. The van der Waals surface area contributed by atoms with Crippen molar-refractivity contribution in [2.24, 2.45) is 11.1 Å². The van der Waals surface area contributed by atoms with Crippen molar-refractivity contribution in [3.05, 3.63) is 39.9 Å². The second-order valence-corrected chi connectivity index (χ2v) is 5.47. The first-order chi connectivity index (χ1) is 8.34. The monoisotopic (exact) mass is 251 g/mol. The molecule has 0 fully saturated rings. The van der Waals surface area contributed by atoms with Gasteiger partial charge in [-0.3, -0.25) is 10.1 Å². The van der Waals surface area contributed by atoms with Crippen LogP contribution in [0.15, 0.2) is 24.3 Å². The van der Waals surface area contributed by atoms with Crippen molar-refractivity contribution in [1.29, 1.82) is 0 Å². The number of rotatable bonds is 6. The van der Waals surface area contributed by atoms with Crippen LogP contribution in [0.5, 0.6) is 0 Å². The van der Waals surface area contributed by atoms with Crippen molar-refractivity contribution in [3.8, 4) is 0 Å². The smallest absolute Gasteiger partial charge is 0.269 e. The lowest BCUT2D eigenvalue weighted by Crippen LogP contribution is -2.36. The van der Waals surface area contributed by atoms with Gasteiger partial charge in [0.2, 0.25) is 0 Å². The summed E-state index contributed by atoms with van der Waals surface area (Å²) in [5.74, 6) is 0. The van der Waals surface area contributed by atoms with Crippen LogP contribution in [0.4, 0.5) is 5.69 Å². The Bertz CT molecular complexity index is 418. The summed E-state index contributed by atoms with van der Waals surface area (Å²) in [6, 6.07) is 6.74. The van der Waals surface area contributed by atoms with Crippen LogP contribution in [0.1, 0.15) is 19.4 Å². The zero-order valence-corrected chi connectivity index (χ0v) is 11.2. The Balaban J connectivity index is 2.67. The predicted octanol–water partition coefficient (Wildman–Crippen LogP) is 2.01. The number of benzene rings is 1. The van der Waals surface area contributed by atoms with Gasteiger partial charge in [-0.2, -0.15) is 0 Å². The van der Waals surface area contributed by atoms with Gasteiger partial charge >= 0.3 is 0 Å². The number of hydrogen-bond acceptors (Lipinski definition) is 4. The van der Waals surface area contributed by atoms with Crippen LogP contribution in [-0.2, 0) is 6.54 Å². The summed E-state index contributed by atoms with van der Waals surface area (Å²) in [5.41, 5.74) is 6.83. The molecule has 0 spiro atoms. The van der Waals surface area contributed by atoms with E-state index in [4.69, 9.17) is 5.73 Å². The Morgan fingerprint density at radius 3 is 2.67 bits per heavy atom. The van der Waals surface area contributed by atoms with Gasteiger partial charge in [0.15, 0.2) is 0 Å². The Labute approximate surface area is 108 Å². The summed E-state index contributed by atoms with van der Waals surface area (Å²) in [6.07, 6.45) is 0. The molecule has 0 amide bonds. The molecule has 0 heterocycles. The van der Waals surface area contributed by atoms with Crippen LogP contribution >= 0.6 is 0 Å². The minimum absolute atomic E-state index is 0.0511. The molecule has 0 aliphatic heterocycles. The molecule has 0 aliphatic rings. The number of nitro groups is 1. The second-order valence-electron chi connectivity index (χ2n) is 5.47. The van der Waals surface area contributed by atoms with Crippen LogP contribution in [-0.4, -0.2) is 30.0 Å². The van der Waals surface area contributed by atoms with E-state index in [-0.39, 0.29) is 16.0 Å². The molecule has 1 rings (SSSR count). The molecule has 0 radical (unpaired) electrons. The van der Waals surface area contributed by atoms with Crippen LogP contribution in [0.3, 0.4) is 0 Å². The summed E-state index contributed by atoms with van der Waals surface area (Å²) >= 11 is 0. The zero-order chi connectivity index (χ0) is 13.8. The van der Waals surface area contributed by atoms with E-state index in [2.05, 4.69) is 18.7 Å². The van der Waals surface area contributed by atoms with Gasteiger partial charge in [0.25, 0.3) is 5.69 Å². The molecule has 0 bridgehead atoms. The minimum atomic E-state index is -0.368. The van der Waals surface area contributed by atoms with Crippen LogP contribution < -0.4 is 5.73 Å². The van der Waals surface area contributed by atoms with Gasteiger partial charge in [-0.15, -0.1) is 0 Å². The first kappa shape index (κ1) is 14.6. The number of nitrogens with zero attached hydrogens (tertiary/aromatic N) is 2. The third-order valence-electron chi connectivity index (χ3n) is 2.82. The van der Waals surface area contributed by atoms with Gasteiger partial charge in [-0.25, -0.2) is 0 Å². The van der Waals surface area contributed by atoms with Gasteiger partial charge in [0, 0.05) is 25.2 Å². The van der Waals surface area contributed by atoms with E-state index in [1.54, 1.807) is 12.1 Å². The fraction of sp³-hybridized carbons (Fsp3) is 0.538. The average molecular weight is 251 g/mol. The lowest BCUT2D eigenvalue weighted by Gasteiger charge is -2.28. The highest BCUT2D eigenvalue weighted by atomic mass is 16.6. The molecule has 1 aromatic carbocycles. The number of nitro benzene ring substituents is 1. The van der Waals surface area contributed by atoms with Gasteiger partial charge in [-0.05, 0) is 24.6 Å².